The number of rotatable bonds is 72. The highest BCUT2D eigenvalue weighted by atomic mass is 31.2. The Morgan fingerprint density at radius 1 is 0.356 bits per heavy atom. The Kier molecular flexibility index (Phi) is 67.2. The fourth-order valence-electron chi connectivity index (χ4n) is 11.6. The molecular weight excluding hydrogens is 1100 g/mol. The monoisotopic (exact) mass is 1250 g/mol. The summed E-state index contributed by atoms with van der Waals surface area (Å²) in [5.41, 5.74) is 0. The van der Waals surface area contributed by atoms with Crippen LogP contribution in [0.1, 0.15) is 393 Å². The molecule has 0 aliphatic heterocycles. The zero-order chi connectivity index (χ0) is 63.4. The van der Waals surface area contributed by atoms with Gasteiger partial charge in [0.15, 0.2) is 6.10 Å². The normalized spacial score (nSPS) is 13.2. The second kappa shape index (κ2) is 68.6. The van der Waals surface area contributed by atoms with Crippen LogP contribution in [0.15, 0.2) is 36.5 Å². The predicted octanol–water partition coefficient (Wildman–Crippen LogP) is 25.0. The first-order chi connectivity index (χ1) is 42.5. The molecule has 0 bridgehead atoms. The summed E-state index contributed by atoms with van der Waals surface area (Å²) in [4.78, 5) is 35.9. The lowest BCUT2D eigenvalue weighted by atomic mass is 10.0. The molecule has 0 aromatic heterocycles. The molecule has 0 heterocycles. The van der Waals surface area contributed by atoms with Crippen molar-refractivity contribution in [3.05, 3.63) is 36.5 Å². The highest BCUT2D eigenvalue weighted by molar-refractivity contribution is 7.47. The van der Waals surface area contributed by atoms with Gasteiger partial charge in [0.25, 0.3) is 0 Å². The summed E-state index contributed by atoms with van der Waals surface area (Å²) in [5.74, 6) is -0.774. The van der Waals surface area contributed by atoms with Crippen LogP contribution in [-0.4, -0.2) is 74.9 Å². The number of likely N-dealkylation sites (N-methyl/N-ethyl adjacent to an activating group) is 1. The summed E-state index contributed by atoms with van der Waals surface area (Å²) in [6.45, 7) is 4.50. The minimum absolute atomic E-state index is 0.0346. The Morgan fingerprint density at radius 3 is 0.920 bits per heavy atom. The van der Waals surface area contributed by atoms with Gasteiger partial charge >= 0.3 is 19.8 Å². The first-order valence-corrected chi connectivity index (χ1v) is 39.7. The van der Waals surface area contributed by atoms with E-state index in [1.165, 1.54) is 315 Å². The van der Waals surface area contributed by atoms with E-state index in [2.05, 4.69) is 50.3 Å². The maximum absolute atomic E-state index is 12.9. The van der Waals surface area contributed by atoms with E-state index in [4.69, 9.17) is 18.5 Å². The minimum Gasteiger partial charge on any atom is -0.462 e. The molecule has 0 aliphatic rings. The lowest BCUT2D eigenvalue weighted by Crippen LogP contribution is -2.37. The van der Waals surface area contributed by atoms with Crippen LogP contribution >= 0.6 is 7.82 Å². The standard InChI is InChI=1S/C77H148NO8P/c1-6-8-10-12-14-16-18-20-22-24-26-28-30-32-34-36-38-40-41-43-45-47-49-51-53-55-57-59-61-63-65-67-69-76(79)83-73-75(74-85-87(81,82)84-72-71-78(3,4)5)86-77(80)70-68-66-64-62-60-58-56-54-52-50-48-46-44-42-39-37-35-33-31-29-27-25-23-21-19-17-15-13-11-9-7-2/h19,21,25,27,31,33,75H,6-18,20,22-24,26,28-30,32,34-74H2,1-5H3/p+1/b21-19-,27-25-,33-31-. The number of unbranched alkanes of at least 4 members (excludes halogenated alkanes) is 52. The first kappa shape index (κ1) is 85.2. The van der Waals surface area contributed by atoms with Gasteiger partial charge in [-0.25, -0.2) is 4.57 Å². The van der Waals surface area contributed by atoms with Crippen molar-refractivity contribution in [1.29, 1.82) is 0 Å². The van der Waals surface area contributed by atoms with Gasteiger partial charge in [-0.3, -0.25) is 18.6 Å². The Labute approximate surface area is 541 Å². The van der Waals surface area contributed by atoms with Crippen molar-refractivity contribution >= 4 is 19.8 Å². The Hall–Kier alpha value is -1.77. The molecule has 514 valence electrons. The summed E-state index contributed by atoms with van der Waals surface area (Å²) in [6, 6.07) is 0. The van der Waals surface area contributed by atoms with Crippen LogP contribution in [0.5, 0.6) is 0 Å². The maximum atomic E-state index is 12.9. The summed E-state index contributed by atoms with van der Waals surface area (Å²) in [7, 11) is 1.50. The number of hydrogen-bond acceptors (Lipinski definition) is 7. The quantitative estimate of drug-likeness (QED) is 0.0211. The zero-order valence-corrected chi connectivity index (χ0v) is 59.7. The van der Waals surface area contributed by atoms with Crippen LogP contribution in [-0.2, 0) is 32.7 Å². The lowest BCUT2D eigenvalue weighted by molar-refractivity contribution is -0.870. The highest BCUT2D eigenvalue weighted by Gasteiger charge is 2.27. The number of carbonyl (C=O) groups is 2. The molecule has 0 aromatic rings. The van der Waals surface area contributed by atoms with Crippen molar-refractivity contribution in [3.63, 3.8) is 0 Å². The molecule has 2 atom stereocenters. The van der Waals surface area contributed by atoms with Gasteiger partial charge in [0.2, 0.25) is 0 Å². The number of nitrogens with zero attached hydrogens (tertiary/aromatic N) is 1. The molecule has 0 saturated carbocycles. The molecule has 0 fully saturated rings. The number of hydrogen-bond donors (Lipinski definition) is 1. The molecule has 0 radical (unpaired) electrons. The molecule has 2 unspecified atom stereocenters. The van der Waals surface area contributed by atoms with E-state index in [1.54, 1.807) is 0 Å². The molecule has 0 aliphatic carbocycles. The molecule has 0 rings (SSSR count). The van der Waals surface area contributed by atoms with Gasteiger partial charge in [-0.2, -0.15) is 0 Å². The largest absolute Gasteiger partial charge is 0.472 e. The van der Waals surface area contributed by atoms with Gasteiger partial charge in [-0.15, -0.1) is 0 Å². The minimum atomic E-state index is -4.39. The fourth-order valence-corrected chi connectivity index (χ4v) is 12.3. The zero-order valence-electron chi connectivity index (χ0n) is 58.8. The molecule has 87 heavy (non-hydrogen) atoms. The molecule has 0 spiro atoms. The average molecular weight is 1250 g/mol. The van der Waals surface area contributed by atoms with Crippen LogP contribution in [0.2, 0.25) is 0 Å². The Morgan fingerprint density at radius 2 is 0.621 bits per heavy atom. The average Bonchev–Trinajstić information content (AvgIpc) is 3.62. The summed E-state index contributed by atoms with van der Waals surface area (Å²) < 4.78 is 34.8. The second-order valence-corrected chi connectivity index (χ2v) is 28.9. The number of phosphoric acid groups is 1. The van der Waals surface area contributed by atoms with Crippen molar-refractivity contribution in [1.82, 2.24) is 0 Å². The van der Waals surface area contributed by atoms with E-state index in [0.29, 0.717) is 23.9 Å². The molecule has 0 aromatic carbocycles. The van der Waals surface area contributed by atoms with Crippen molar-refractivity contribution < 1.29 is 42.1 Å². The molecule has 0 saturated heterocycles. The second-order valence-electron chi connectivity index (χ2n) is 27.4. The number of phosphoric ester groups is 1. The molecule has 1 N–H and O–H groups in total. The summed E-state index contributed by atoms with van der Waals surface area (Å²) in [5, 5.41) is 0. The SMILES string of the molecule is CCCCCCC/C=C\C/C=C\C/C=C\CCCCCCCCCCCCCCCCCCC(=O)OC(COC(=O)CCCCCCCCCCCCCCCCCCCCCCCCCCCCCCCCCC)COP(=O)(O)OCC[N+](C)(C)C. The Bertz CT molecular complexity index is 1560. The van der Waals surface area contributed by atoms with Crippen LogP contribution in [0, 0.1) is 0 Å². The van der Waals surface area contributed by atoms with Crippen molar-refractivity contribution in [3.8, 4) is 0 Å². The predicted molar refractivity (Wildman–Crippen MR) is 377 cm³/mol. The van der Waals surface area contributed by atoms with Crippen molar-refractivity contribution in [2.24, 2.45) is 0 Å². The number of allylic oxidation sites excluding steroid dienone is 6. The summed E-state index contributed by atoms with van der Waals surface area (Å²) >= 11 is 0. The third-order valence-electron chi connectivity index (χ3n) is 17.4. The van der Waals surface area contributed by atoms with E-state index in [9.17, 15) is 19.0 Å². The van der Waals surface area contributed by atoms with Crippen LogP contribution in [0.3, 0.4) is 0 Å². The fraction of sp³-hybridized carbons (Fsp3) is 0.896. The van der Waals surface area contributed by atoms with E-state index < -0.39 is 26.5 Å². The van der Waals surface area contributed by atoms with Gasteiger partial charge < -0.3 is 18.9 Å². The van der Waals surface area contributed by atoms with Crippen molar-refractivity contribution in [2.75, 3.05) is 47.5 Å². The van der Waals surface area contributed by atoms with Crippen LogP contribution in [0.4, 0.5) is 0 Å². The lowest BCUT2D eigenvalue weighted by Gasteiger charge is -2.24. The number of quaternary nitrogens is 1. The third-order valence-corrected chi connectivity index (χ3v) is 18.4. The van der Waals surface area contributed by atoms with Gasteiger partial charge in [0.1, 0.15) is 19.8 Å². The Balaban J connectivity index is 3.95. The smallest absolute Gasteiger partial charge is 0.462 e. The molecular formula is C77H149NO8P+. The number of esters is 2. The summed E-state index contributed by atoms with van der Waals surface area (Å²) in [6.07, 6.45) is 88.5. The van der Waals surface area contributed by atoms with E-state index in [1.807, 2.05) is 21.1 Å². The topological polar surface area (TPSA) is 108 Å². The van der Waals surface area contributed by atoms with Gasteiger partial charge in [0.05, 0.1) is 27.7 Å². The van der Waals surface area contributed by atoms with E-state index in [-0.39, 0.29) is 25.6 Å². The number of carbonyl (C=O) groups excluding carboxylic acids is 2. The third kappa shape index (κ3) is 73.2. The highest BCUT2D eigenvalue weighted by Crippen LogP contribution is 2.43. The van der Waals surface area contributed by atoms with E-state index >= 15 is 0 Å². The molecule has 10 heteroatoms. The first-order valence-electron chi connectivity index (χ1n) is 38.2. The maximum Gasteiger partial charge on any atom is 0.472 e. The van der Waals surface area contributed by atoms with Gasteiger partial charge in [0, 0.05) is 12.8 Å². The van der Waals surface area contributed by atoms with Crippen LogP contribution < -0.4 is 0 Å². The number of ether oxygens (including phenoxy) is 2. The molecule has 9 nitrogen and oxygen atoms in total. The van der Waals surface area contributed by atoms with Crippen LogP contribution in [0.25, 0.3) is 0 Å². The molecule has 0 amide bonds. The van der Waals surface area contributed by atoms with E-state index in [0.717, 1.165) is 44.9 Å². The van der Waals surface area contributed by atoms with Gasteiger partial charge in [-0.1, -0.05) is 365 Å². The van der Waals surface area contributed by atoms with Crippen molar-refractivity contribution in [2.45, 2.75) is 399 Å². The van der Waals surface area contributed by atoms with Gasteiger partial charge in [-0.05, 0) is 51.4 Å².